The Bertz CT molecular complexity index is 319. The topological polar surface area (TPSA) is 57.2 Å². The van der Waals surface area contributed by atoms with Crippen LogP contribution in [0.1, 0.15) is 0 Å². The van der Waals surface area contributed by atoms with Gasteiger partial charge in [0.1, 0.15) is 0 Å². The van der Waals surface area contributed by atoms with Crippen molar-refractivity contribution in [1.82, 2.24) is 0 Å². The van der Waals surface area contributed by atoms with Gasteiger partial charge in [-0.2, -0.15) is 30.7 Å². The Morgan fingerprint density at radius 1 is 0.867 bits per heavy atom. The van der Waals surface area contributed by atoms with Crippen molar-refractivity contribution in [2.75, 3.05) is 0 Å². The van der Waals surface area contributed by atoms with Gasteiger partial charge in [0.2, 0.25) is 0 Å². The van der Waals surface area contributed by atoms with E-state index in [0.29, 0.717) is 0 Å². The summed E-state index contributed by atoms with van der Waals surface area (Å²) in [5.74, 6) is -6.92. The summed E-state index contributed by atoms with van der Waals surface area (Å²) in [6, 6.07) is 0. The Labute approximate surface area is 121 Å². The molecule has 0 atom stereocenters. The van der Waals surface area contributed by atoms with Crippen molar-refractivity contribution in [3.8, 4) is 0 Å². The van der Waals surface area contributed by atoms with Gasteiger partial charge >= 0.3 is 68.7 Å². The molecule has 0 aliphatic carbocycles. The van der Waals surface area contributed by atoms with Crippen molar-refractivity contribution in [1.29, 1.82) is 0 Å². The summed E-state index contributed by atoms with van der Waals surface area (Å²) < 4.78 is 109. The third-order valence-electron chi connectivity index (χ3n) is 1.04. The van der Waals surface area contributed by atoms with Crippen LogP contribution in [0.25, 0.3) is 0 Å². The van der Waals surface area contributed by atoms with Crippen molar-refractivity contribution in [3.05, 3.63) is 0 Å². The second kappa shape index (κ2) is 4.74. The molecule has 0 rings (SSSR count). The predicted molar refractivity (Wildman–Crippen MR) is 25.6 cm³/mol. The van der Waals surface area contributed by atoms with Crippen LogP contribution in [0.5, 0.6) is 0 Å². The zero-order valence-corrected chi connectivity index (χ0v) is 10.7. The molecule has 86 valence electrons. The minimum atomic E-state index is -7.10. The van der Waals surface area contributed by atoms with Crippen LogP contribution in [0, 0.1) is 0 Å². The van der Waals surface area contributed by atoms with E-state index in [-0.39, 0.29) is 51.4 Å². The molecule has 0 N–H and O–H groups in total. The first kappa shape index (κ1) is 18.4. The molecule has 0 radical (unpaired) electrons. The van der Waals surface area contributed by atoms with Gasteiger partial charge in [0.25, 0.3) is 0 Å². The Morgan fingerprint density at radius 2 is 1.13 bits per heavy atom. The summed E-state index contributed by atoms with van der Waals surface area (Å²) >= 11 is 0. The molecule has 0 spiro atoms. The number of hydrogen-bond acceptors (Lipinski definition) is 3. The molecular weight excluding hydrogens is 288 g/mol. The van der Waals surface area contributed by atoms with Crippen LogP contribution in [0.4, 0.5) is 30.7 Å². The number of alkyl halides is 7. The quantitative estimate of drug-likeness (QED) is 0.347. The maximum Gasteiger partial charge on any atom is 1.00 e. The van der Waals surface area contributed by atoms with Gasteiger partial charge in [-0.3, -0.25) is 0 Å². The molecule has 0 aromatic carbocycles. The van der Waals surface area contributed by atoms with E-state index in [1.807, 2.05) is 0 Å². The zero-order valence-electron chi connectivity index (χ0n) is 6.78. The smallest absolute Gasteiger partial charge is 0.743 e. The Balaban J connectivity index is 0. The molecular formula is C3F7KO3S. The van der Waals surface area contributed by atoms with E-state index >= 15 is 0 Å². The van der Waals surface area contributed by atoms with Crippen molar-refractivity contribution in [3.63, 3.8) is 0 Å². The van der Waals surface area contributed by atoms with Gasteiger partial charge in [-0.25, -0.2) is 8.42 Å². The van der Waals surface area contributed by atoms with Crippen molar-refractivity contribution in [2.45, 2.75) is 17.4 Å². The van der Waals surface area contributed by atoms with Gasteiger partial charge in [-0.1, -0.05) is 0 Å². The number of rotatable bonds is 2. The predicted octanol–water partition coefficient (Wildman–Crippen LogP) is -1.67. The fourth-order valence-corrected chi connectivity index (χ4v) is 0.752. The van der Waals surface area contributed by atoms with Gasteiger partial charge in [0.15, 0.2) is 10.1 Å². The van der Waals surface area contributed by atoms with Gasteiger partial charge in [-0.05, 0) is 0 Å². The maximum atomic E-state index is 11.8. The third-order valence-corrected chi connectivity index (χ3v) is 1.92. The molecule has 0 aliphatic rings. The fourth-order valence-electron chi connectivity index (χ4n) is 0.322. The molecule has 0 aromatic heterocycles. The first-order valence-corrected chi connectivity index (χ1v) is 3.94. The van der Waals surface area contributed by atoms with Gasteiger partial charge in [-0.15, -0.1) is 0 Å². The first-order valence-electron chi connectivity index (χ1n) is 2.53. The molecule has 0 heterocycles. The van der Waals surface area contributed by atoms with Crippen molar-refractivity contribution < 1.29 is 95.1 Å². The molecule has 0 saturated heterocycles. The van der Waals surface area contributed by atoms with Crippen LogP contribution in [0.15, 0.2) is 0 Å². The normalized spacial score (nSPS) is 14.7. The van der Waals surface area contributed by atoms with E-state index in [4.69, 9.17) is 0 Å². The minimum absolute atomic E-state index is 0. The molecule has 0 unspecified atom stereocenters. The van der Waals surface area contributed by atoms with E-state index < -0.39 is 27.5 Å². The maximum absolute atomic E-state index is 11.8. The fraction of sp³-hybridized carbons (Fsp3) is 1.00. The second-order valence-electron chi connectivity index (χ2n) is 2.04. The molecule has 0 aromatic rings. The Morgan fingerprint density at radius 3 is 1.20 bits per heavy atom. The molecule has 0 fully saturated rings. The van der Waals surface area contributed by atoms with Crippen LogP contribution in [0.3, 0.4) is 0 Å². The average Bonchev–Trinajstić information content (AvgIpc) is 1.81. The second-order valence-corrected chi connectivity index (χ2v) is 3.46. The molecule has 0 bridgehead atoms. The zero-order chi connectivity index (χ0) is 12.0. The summed E-state index contributed by atoms with van der Waals surface area (Å²) in [6.45, 7) is 0. The standard InChI is InChI=1S/C3HF7O3S.K/c4-1(5,2(6,7)8)3(9,10)14(11,12)13;/h(H,11,12,13);/q;+1/p-1. The number of hydrogen-bond donors (Lipinski definition) is 0. The van der Waals surface area contributed by atoms with E-state index in [0.717, 1.165) is 0 Å². The van der Waals surface area contributed by atoms with Gasteiger partial charge < -0.3 is 4.55 Å². The van der Waals surface area contributed by atoms with Crippen molar-refractivity contribution >= 4 is 10.1 Å². The Hall–Kier alpha value is 1.06. The molecule has 0 saturated carbocycles. The van der Waals surface area contributed by atoms with Crippen LogP contribution in [-0.4, -0.2) is 30.3 Å². The summed E-state index contributed by atoms with van der Waals surface area (Å²) in [5.41, 5.74) is 0. The Kier molecular flexibility index (Phi) is 5.82. The number of halogens is 7. The van der Waals surface area contributed by atoms with Gasteiger partial charge in [0.05, 0.1) is 0 Å². The monoisotopic (exact) mass is 288 g/mol. The summed E-state index contributed by atoms with van der Waals surface area (Å²) in [4.78, 5) is 0. The minimum Gasteiger partial charge on any atom is -0.743 e. The van der Waals surface area contributed by atoms with E-state index in [2.05, 4.69) is 0 Å². The molecule has 0 aliphatic heterocycles. The van der Waals surface area contributed by atoms with Crippen LogP contribution in [-0.2, 0) is 10.1 Å². The third kappa shape index (κ3) is 3.26. The first-order chi connectivity index (χ1) is 5.75. The van der Waals surface area contributed by atoms with Crippen LogP contribution in [0.2, 0.25) is 0 Å². The SMILES string of the molecule is O=S(=O)([O-])C(F)(F)C(F)(F)C(F)(F)F.[K+]. The average molecular weight is 288 g/mol. The summed E-state index contributed by atoms with van der Waals surface area (Å²) in [6.07, 6.45) is -6.83. The summed E-state index contributed by atoms with van der Waals surface area (Å²) in [5, 5.41) is -6.72. The van der Waals surface area contributed by atoms with Crippen LogP contribution >= 0.6 is 0 Å². The molecule has 3 nitrogen and oxygen atoms in total. The van der Waals surface area contributed by atoms with Crippen LogP contribution < -0.4 is 51.4 Å². The molecule has 15 heavy (non-hydrogen) atoms. The van der Waals surface area contributed by atoms with Crippen molar-refractivity contribution in [2.24, 2.45) is 0 Å². The molecule has 0 amide bonds. The molecule has 12 heteroatoms. The van der Waals surface area contributed by atoms with E-state index in [1.165, 1.54) is 0 Å². The largest absolute Gasteiger partial charge is 1.00 e. The van der Waals surface area contributed by atoms with Gasteiger partial charge in [0, 0.05) is 0 Å². The van der Waals surface area contributed by atoms with E-state index in [9.17, 15) is 43.7 Å². The summed E-state index contributed by atoms with van der Waals surface area (Å²) in [7, 11) is -7.10. The van der Waals surface area contributed by atoms with E-state index in [1.54, 1.807) is 0 Å².